The first-order valence-electron chi connectivity index (χ1n) is 16.3. The minimum Gasteiger partial charge on any atom is -0.508 e. The lowest BCUT2D eigenvalue weighted by Crippen LogP contribution is -2.69. The molecule has 0 aliphatic carbocycles. The standard InChI is InChI=1S/C36H51N3O10/c1-8-9-13-22(2)29(41)28(31(43)30(42)27(37)20-24-16-18-26(40)19-17-24)39(7)36(21-25-14-11-10-12-15-25,33(46)38-23(3)32(44)45)49-34(47)48-35(4,5)6/h10-12,14-19,22-23,27-29,40-41H,8-9,13,20-21,37H2,1-7H3,(H,38,46)(H,44,45)/t22-,23+,27-,28?,29-,36-/m0/s1. The van der Waals surface area contributed by atoms with Gasteiger partial charge in [-0.25, -0.2) is 9.69 Å². The highest BCUT2D eigenvalue weighted by Crippen LogP contribution is 2.31. The molecule has 0 aliphatic rings. The summed E-state index contributed by atoms with van der Waals surface area (Å²) in [5.41, 5.74) is 3.62. The Labute approximate surface area is 287 Å². The van der Waals surface area contributed by atoms with Crippen LogP contribution in [0.25, 0.3) is 0 Å². The Hall–Kier alpha value is -4.33. The number of ketones is 2. The Balaban J connectivity index is 2.79. The zero-order chi connectivity index (χ0) is 37.1. The number of aromatic hydroxyl groups is 1. The van der Waals surface area contributed by atoms with Crippen LogP contribution in [0, 0.1) is 5.92 Å². The Morgan fingerprint density at radius 3 is 2.04 bits per heavy atom. The fourth-order valence-electron chi connectivity index (χ4n) is 5.27. The number of phenolic OH excluding ortho intramolecular Hbond substituents is 1. The predicted octanol–water partition coefficient (Wildman–Crippen LogP) is 3.37. The molecule has 0 aromatic heterocycles. The maximum Gasteiger partial charge on any atom is 0.511 e. The number of nitrogens with zero attached hydrogens (tertiary/aromatic N) is 1. The van der Waals surface area contributed by atoms with Gasteiger partial charge in [-0.05, 0) is 76.8 Å². The summed E-state index contributed by atoms with van der Waals surface area (Å²) in [5.74, 6) is -5.31. The maximum absolute atomic E-state index is 14.3. The number of carbonyl (C=O) groups is 5. The van der Waals surface area contributed by atoms with Gasteiger partial charge in [0.1, 0.15) is 23.4 Å². The molecular formula is C36H51N3O10. The van der Waals surface area contributed by atoms with Crippen LogP contribution in [0.1, 0.15) is 71.9 Å². The van der Waals surface area contributed by atoms with E-state index in [0.29, 0.717) is 24.0 Å². The summed E-state index contributed by atoms with van der Waals surface area (Å²) < 4.78 is 11.3. The smallest absolute Gasteiger partial charge is 0.508 e. The van der Waals surface area contributed by atoms with Gasteiger partial charge in [-0.15, -0.1) is 0 Å². The molecule has 2 rings (SSSR count). The largest absolute Gasteiger partial charge is 0.511 e. The van der Waals surface area contributed by atoms with Crippen LogP contribution in [-0.2, 0) is 41.5 Å². The molecule has 0 aliphatic heterocycles. The first-order valence-corrected chi connectivity index (χ1v) is 16.3. The van der Waals surface area contributed by atoms with Crippen molar-refractivity contribution in [3.05, 3.63) is 65.7 Å². The van der Waals surface area contributed by atoms with Gasteiger partial charge in [0.2, 0.25) is 11.6 Å². The highest BCUT2D eigenvalue weighted by molar-refractivity contribution is 6.41. The second kappa shape index (κ2) is 17.9. The summed E-state index contributed by atoms with van der Waals surface area (Å²) in [5, 5.41) is 33.4. The summed E-state index contributed by atoms with van der Waals surface area (Å²) in [6.45, 7) is 9.56. The molecule has 0 radical (unpaired) electrons. The number of hydrogen-bond donors (Lipinski definition) is 5. The van der Waals surface area contributed by atoms with E-state index in [0.717, 1.165) is 11.3 Å². The summed E-state index contributed by atoms with van der Waals surface area (Å²) >= 11 is 0. The van der Waals surface area contributed by atoms with Crippen molar-refractivity contribution in [3.8, 4) is 5.75 Å². The number of amides is 1. The lowest BCUT2D eigenvalue weighted by molar-refractivity contribution is -0.186. The van der Waals surface area contributed by atoms with E-state index in [9.17, 15) is 39.3 Å². The van der Waals surface area contributed by atoms with Gasteiger partial charge in [0, 0.05) is 6.42 Å². The number of aliphatic carboxylic acids is 1. The number of aliphatic hydroxyl groups is 1. The van der Waals surface area contributed by atoms with Crippen molar-refractivity contribution in [2.24, 2.45) is 11.7 Å². The molecule has 1 amide bonds. The van der Waals surface area contributed by atoms with Crippen LogP contribution in [-0.4, -0.2) is 92.4 Å². The van der Waals surface area contributed by atoms with Gasteiger partial charge in [-0.1, -0.05) is 69.2 Å². The number of carbonyl (C=O) groups excluding carboxylic acids is 4. The summed E-state index contributed by atoms with van der Waals surface area (Å²) in [4.78, 5) is 68.6. The summed E-state index contributed by atoms with van der Waals surface area (Å²) in [6, 6.07) is 9.59. The molecule has 1 unspecified atom stereocenters. The van der Waals surface area contributed by atoms with E-state index >= 15 is 0 Å². The number of ether oxygens (including phenoxy) is 2. The molecular weight excluding hydrogens is 634 g/mol. The van der Waals surface area contributed by atoms with Gasteiger partial charge in [0.05, 0.1) is 12.1 Å². The van der Waals surface area contributed by atoms with E-state index in [2.05, 4.69) is 5.32 Å². The minimum atomic E-state index is -2.53. The van der Waals surface area contributed by atoms with Gasteiger partial charge >= 0.3 is 12.1 Å². The van der Waals surface area contributed by atoms with Gasteiger partial charge in [0.15, 0.2) is 0 Å². The number of unbranched alkanes of at least 4 members (excludes halogenated alkanes) is 1. The van der Waals surface area contributed by atoms with Crippen LogP contribution < -0.4 is 11.1 Å². The van der Waals surface area contributed by atoms with Gasteiger partial charge in [-0.3, -0.25) is 19.2 Å². The van der Waals surface area contributed by atoms with Crippen LogP contribution in [0.4, 0.5) is 4.79 Å². The molecule has 13 nitrogen and oxygen atoms in total. The number of benzene rings is 2. The van der Waals surface area contributed by atoms with Gasteiger partial charge < -0.3 is 35.8 Å². The SMILES string of the molecule is CCCC[C@H](C)[C@H](O)C(C(=O)C(=O)[C@@H](N)Cc1ccc(O)cc1)N(C)[C@@](Cc1ccccc1)(OC(=O)OC(C)(C)C)C(=O)N[C@H](C)C(=O)O. The average molecular weight is 686 g/mol. The molecule has 0 fully saturated rings. The summed E-state index contributed by atoms with van der Waals surface area (Å²) in [6.07, 6.45) is -1.50. The number of hydrogen-bond acceptors (Lipinski definition) is 11. The van der Waals surface area contributed by atoms with Crippen molar-refractivity contribution in [1.82, 2.24) is 10.2 Å². The van der Waals surface area contributed by atoms with Crippen LogP contribution in [0.5, 0.6) is 5.75 Å². The van der Waals surface area contributed by atoms with Crippen LogP contribution >= 0.6 is 0 Å². The fourth-order valence-corrected chi connectivity index (χ4v) is 5.27. The van der Waals surface area contributed by atoms with Gasteiger partial charge in [0.25, 0.3) is 11.6 Å². The minimum absolute atomic E-state index is 0.000776. The van der Waals surface area contributed by atoms with E-state index in [-0.39, 0.29) is 12.2 Å². The third-order valence-electron chi connectivity index (χ3n) is 8.15. The predicted molar refractivity (Wildman–Crippen MR) is 181 cm³/mol. The topological polar surface area (TPSA) is 206 Å². The highest BCUT2D eigenvalue weighted by Gasteiger charge is 2.54. The van der Waals surface area contributed by atoms with Crippen LogP contribution in [0.2, 0.25) is 0 Å². The number of aliphatic hydroxyl groups excluding tert-OH is 1. The lowest BCUT2D eigenvalue weighted by atomic mass is 9.85. The maximum atomic E-state index is 14.3. The number of carboxylic acid groups (broad SMARTS) is 1. The van der Waals surface area contributed by atoms with E-state index in [1.807, 2.05) is 6.92 Å². The molecule has 0 saturated heterocycles. The number of rotatable bonds is 18. The third-order valence-corrected chi connectivity index (χ3v) is 8.15. The molecule has 49 heavy (non-hydrogen) atoms. The lowest BCUT2D eigenvalue weighted by Gasteiger charge is -2.45. The Morgan fingerprint density at radius 1 is 0.918 bits per heavy atom. The second-order valence-electron chi connectivity index (χ2n) is 13.4. The zero-order valence-electron chi connectivity index (χ0n) is 29.3. The molecule has 13 heteroatoms. The van der Waals surface area contributed by atoms with Gasteiger partial charge in [-0.2, -0.15) is 0 Å². The molecule has 6 N–H and O–H groups in total. The average Bonchev–Trinajstić information content (AvgIpc) is 3.03. The normalized spacial score (nSPS) is 16.0. The highest BCUT2D eigenvalue weighted by atomic mass is 16.7. The molecule has 2 aromatic carbocycles. The van der Waals surface area contributed by atoms with E-state index in [1.165, 1.54) is 26.1 Å². The van der Waals surface area contributed by atoms with Crippen molar-refractivity contribution in [1.29, 1.82) is 0 Å². The van der Waals surface area contributed by atoms with Crippen molar-refractivity contribution in [2.75, 3.05) is 7.05 Å². The quantitative estimate of drug-likeness (QED) is 0.0870. The second-order valence-corrected chi connectivity index (χ2v) is 13.4. The molecule has 0 saturated carbocycles. The van der Waals surface area contributed by atoms with E-state index in [4.69, 9.17) is 15.2 Å². The fraction of sp³-hybridized carbons (Fsp3) is 0.528. The molecule has 270 valence electrons. The first kappa shape index (κ1) is 40.8. The summed E-state index contributed by atoms with van der Waals surface area (Å²) in [7, 11) is 1.25. The van der Waals surface area contributed by atoms with E-state index in [1.54, 1.807) is 70.2 Å². The number of carboxylic acids is 1. The van der Waals surface area contributed by atoms with Crippen molar-refractivity contribution >= 4 is 29.6 Å². The molecule has 2 aromatic rings. The monoisotopic (exact) mass is 685 g/mol. The zero-order valence-corrected chi connectivity index (χ0v) is 29.3. The number of Topliss-reactive ketones (excluding diaryl/α,β-unsaturated/α-hetero) is 2. The van der Waals surface area contributed by atoms with Crippen molar-refractivity contribution in [3.63, 3.8) is 0 Å². The van der Waals surface area contributed by atoms with Crippen molar-refractivity contribution in [2.45, 2.75) is 109 Å². The number of nitrogens with two attached hydrogens (primary N) is 1. The number of nitrogens with one attached hydrogen (secondary N) is 1. The van der Waals surface area contributed by atoms with Crippen LogP contribution in [0.15, 0.2) is 54.6 Å². The Morgan fingerprint density at radius 2 is 1.51 bits per heavy atom. The molecule has 6 atom stereocenters. The van der Waals surface area contributed by atoms with Crippen LogP contribution in [0.3, 0.4) is 0 Å². The molecule has 0 bridgehead atoms. The Bertz CT molecular complexity index is 1430. The number of likely N-dealkylation sites (N-methyl/N-ethyl adjacent to an activating group) is 1. The molecule has 0 heterocycles. The van der Waals surface area contributed by atoms with Crippen molar-refractivity contribution < 1.29 is 48.8 Å². The Kier molecular flexibility index (Phi) is 14.9. The first-order chi connectivity index (χ1) is 22.8. The van der Waals surface area contributed by atoms with E-state index < -0.39 is 77.5 Å². The molecule has 0 spiro atoms. The third kappa shape index (κ3) is 11.7. The number of phenols is 1.